The van der Waals surface area contributed by atoms with Crippen LogP contribution in [-0.2, 0) is 11.2 Å². The van der Waals surface area contributed by atoms with E-state index in [1.807, 2.05) is 26.0 Å². The molecule has 0 fully saturated rings. The summed E-state index contributed by atoms with van der Waals surface area (Å²) < 4.78 is 18.4. The van der Waals surface area contributed by atoms with E-state index in [1.165, 1.54) is 12.1 Å². The van der Waals surface area contributed by atoms with E-state index in [0.717, 1.165) is 5.76 Å². The van der Waals surface area contributed by atoms with Crippen LogP contribution >= 0.6 is 0 Å². The molecule has 0 aliphatic heterocycles. The molecule has 1 atom stereocenters. The molecule has 0 aliphatic carbocycles. The van der Waals surface area contributed by atoms with E-state index in [9.17, 15) is 9.18 Å². The Kier molecular flexibility index (Phi) is 4.00. The van der Waals surface area contributed by atoms with Gasteiger partial charge in [-0.2, -0.15) is 0 Å². The molecule has 0 aliphatic rings. The van der Waals surface area contributed by atoms with Crippen molar-refractivity contribution in [1.82, 2.24) is 5.32 Å². The summed E-state index contributed by atoms with van der Waals surface area (Å²) >= 11 is 0. The molecule has 4 heteroatoms. The van der Waals surface area contributed by atoms with Gasteiger partial charge in [-0.3, -0.25) is 4.79 Å². The summed E-state index contributed by atoms with van der Waals surface area (Å²) in [5, 5.41) is 2.82. The van der Waals surface area contributed by atoms with Crippen LogP contribution in [0.15, 0.2) is 40.8 Å². The second kappa shape index (κ2) is 5.69. The number of aryl methyl sites for hydroxylation is 1. The largest absolute Gasteiger partial charge is 0.464 e. The molecule has 0 saturated heterocycles. The molecule has 1 N–H and O–H groups in total. The van der Waals surface area contributed by atoms with Gasteiger partial charge in [-0.05, 0) is 43.7 Å². The maximum absolute atomic E-state index is 13.0. The van der Waals surface area contributed by atoms with E-state index < -0.39 is 0 Å². The summed E-state index contributed by atoms with van der Waals surface area (Å²) in [5.41, 5.74) is 0.653. The lowest BCUT2D eigenvalue weighted by Crippen LogP contribution is -2.27. The van der Waals surface area contributed by atoms with E-state index in [0.29, 0.717) is 11.3 Å². The Hall–Kier alpha value is -2.10. The number of nitrogens with one attached hydrogen (secondary N) is 1. The van der Waals surface area contributed by atoms with Crippen molar-refractivity contribution in [2.24, 2.45) is 0 Å². The molecule has 2 aromatic rings. The normalized spacial score (nSPS) is 12.2. The number of carbonyl (C=O) groups is 1. The molecule has 1 heterocycles. The van der Waals surface area contributed by atoms with Crippen molar-refractivity contribution in [1.29, 1.82) is 0 Å². The number of halogens is 1. The molecule has 0 bridgehead atoms. The lowest BCUT2D eigenvalue weighted by molar-refractivity contribution is -0.121. The molecule has 19 heavy (non-hydrogen) atoms. The summed E-state index contributed by atoms with van der Waals surface area (Å²) in [5.74, 6) is 1.03. The van der Waals surface area contributed by atoms with Gasteiger partial charge in [0, 0.05) is 0 Å². The standard InChI is InChI=1S/C15H16FNO2/c1-10-6-7-14(19-10)11(2)17-15(18)9-12-4-3-5-13(16)8-12/h3-8,11H,9H2,1-2H3,(H,17,18)/t11-/m1/s1. The molecular formula is C15H16FNO2. The average Bonchev–Trinajstić information content (AvgIpc) is 2.75. The highest BCUT2D eigenvalue weighted by atomic mass is 19.1. The second-order valence-electron chi connectivity index (χ2n) is 4.54. The summed E-state index contributed by atoms with van der Waals surface area (Å²) in [6.45, 7) is 3.70. The number of furan rings is 1. The summed E-state index contributed by atoms with van der Waals surface area (Å²) in [4.78, 5) is 11.8. The Morgan fingerprint density at radius 1 is 1.37 bits per heavy atom. The van der Waals surface area contributed by atoms with Crippen LogP contribution in [0.3, 0.4) is 0 Å². The van der Waals surface area contributed by atoms with E-state index in [4.69, 9.17) is 4.42 Å². The van der Waals surface area contributed by atoms with Crippen LogP contribution in [0, 0.1) is 12.7 Å². The summed E-state index contributed by atoms with van der Waals surface area (Å²) in [6, 6.07) is 9.53. The molecule has 0 spiro atoms. The molecule has 1 aromatic carbocycles. The van der Waals surface area contributed by atoms with Crippen molar-refractivity contribution in [3.8, 4) is 0 Å². The van der Waals surface area contributed by atoms with Crippen LogP contribution in [0.5, 0.6) is 0 Å². The molecule has 100 valence electrons. The molecule has 2 rings (SSSR count). The lowest BCUT2D eigenvalue weighted by atomic mass is 10.1. The Bertz CT molecular complexity index is 577. The molecular weight excluding hydrogens is 245 g/mol. The first-order valence-corrected chi connectivity index (χ1v) is 6.15. The van der Waals surface area contributed by atoms with Crippen molar-refractivity contribution in [3.63, 3.8) is 0 Å². The van der Waals surface area contributed by atoms with Crippen molar-refractivity contribution in [2.75, 3.05) is 0 Å². The van der Waals surface area contributed by atoms with Crippen LogP contribution < -0.4 is 5.32 Å². The van der Waals surface area contributed by atoms with Gasteiger partial charge in [0.1, 0.15) is 17.3 Å². The van der Waals surface area contributed by atoms with Crippen molar-refractivity contribution in [3.05, 3.63) is 59.3 Å². The van der Waals surface area contributed by atoms with Crippen molar-refractivity contribution < 1.29 is 13.6 Å². The topological polar surface area (TPSA) is 42.2 Å². The highest BCUT2D eigenvalue weighted by Crippen LogP contribution is 2.15. The van der Waals surface area contributed by atoms with Crippen LogP contribution in [-0.4, -0.2) is 5.91 Å². The molecule has 0 saturated carbocycles. The van der Waals surface area contributed by atoms with Crippen LogP contribution in [0.2, 0.25) is 0 Å². The zero-order valence-electron chi connectivity index (χ0n) is 10.9. The quantitative estimate of drug-likeness (QED) is 0.918. The highest BCUT2D eigenvalue weighted by molar-refractivity contribution is 5.78. The van der Waals surface area contributed by atoms with Gasteiger partial charge < -0.3 is 9.73 Å². The van der Waals surface area contributed by atoms with Gasteiger partial charge in [0.2, 0.25) is 5.91 Å². The second-order valence-corrected chi connectivity index (χ2v) is 4.54. The molecule has 1 amide bonds. The number of rotatable bonds is 4. The number of hydrogen-bond donors (Lipinski definition) is 1. The molecule has 0 radical (unpaired) electrons. The zero-order valence-corrected chi connectivity index (χ0v) is 10.9. The zero-order chi connectivity index (χ0) is 13.8. The fourth-order valence-corrected chi connectivity index (χ4v) is 1.88. The monoisotopic (exact) mass is 261 g/mol. The first-order chi connectivity index (χ1) is 9.04. The maximum atomic E-state index is 13.0. The number of hydrogen-bond acceptors (Lipinski definition) is 2. The number of benzene rings is 1. The van der Waals surface area contributed by atoms with Gasteiger partial charge in [-0.1, -0.05) is 12.1 Å². The smallest absolute Gasteiger partial charge is 0.225 e. The Balaban J connectivity index is 1.94. The first-order valence-electron chi connectivity index (χ1n) is 6.15. The molecule has 1 aromatic heterocycles. The number of amides is 1. The van der Waals surface area contributed by atoms with E-state index in [1.54, 1.807) is 12.1 Å². The van der Waals surface area contributed by atoms with Gasteiger partial charge in [-0.15, -0.1) is 0 Å². The predicted molar refractivity (Wildman–Crippen MR) is 70.1 cm³/mol. The van der Waals surface area contributed by atoms with Crippen molar-refractivity contribution >= 4 is 5.91 Å². The average molecular weight is 261 g/mol. The summed E-state index contributed by atoms with van der Waals surface area (Å²) in [6.07, 6.45) is 0.155. The van der Waals surface area contributed by atoms with Gasteiger partial charge >= 0.3 is 0 Å². The molecule has 3 nitrogen and oxygen atoms in total. The predicted octanol–water partition coefficient (Wildman–Crippen LogP) is 3.15. The Morgan fingerprint density at radius 3 is 2.79 bits per heavy atom. The fraction of sp³-hybridized carbons (Fsp3) is 0.267. The van der Waals surface area contributed by atoms with E-state index >= 15 is 0 Å². The Morgan fingerprint density at radius 2 is 2.16 bits per heavy atom. The number of carbonyl (C=O) groups excluding carboxylic acids is 1. The SMILES string of the molecule is Cc1ccc([C@@H](C)NC(=O)Cc2cccc(F)c2)o1. The first kappa shape index (κ1) is 13.3. The maximum Gasteiger partial charge on any atom is 0.225 e. The third-order valence-electron chi connectivity index (χ3n) is 2.82. The van der Waals surface area contributed by atoms with Crippen LogP contribution in [0.4, 0.5) is 4.39 Å². The van der Waals surface area contributed by atoms with E-state index in [-0.39, 0.29) is 24.2 Å². The van der Waals surface area contributed by atoms with Gasteiger partial charge in [0.15, 0.2) is 0 Å². The lowest BCUT2D eigenvalue weighted by Gasteiger charge is -2.11. The molecule has 0 unspecified atom stereocenters. The minimum atomic E-state index is -0.333. The minimum Gasteiger partial charge on any atom is -0.464 e. The van der Waals surface area contributed by atoms with Gasteiger partial charge in [-0.25, -0.2) is 4.39 Å². The van der Waals surface area contributed by atoms with Crippen molar-refractivity contribution in [2.45, 2.75) is 26.3 Å². The minimum absolute atomic E-state index is 0.155. The third-order valence-corrected chi connectivity index (χ3v) is 2.82. The van der Waals surface area contributed by atoms with Crippen LogP contribution in [0.25, 0.3) is 0 Å². The van der Waals surface area contributed by atoms with E-state index in [2.05, 4.69) is 5.32 Å². The van der Waals surface area contributed by atoms with Gasteiger partial charge in [0.05, 0.1) is 12.5 Å². The summed E-state index contributed by atoms with van der Waals surface area (Å²) in [7, 11) is 0. The fourth-order valence-electron chi connectivity index (χ4n) is 1.88. The third kappa shape index (κ3) is 3.68. The Labute approximate surface area is 111 Å². The van der Waals surface area contributed by atoms with Crippen LogP contribution in [0.1, 0.15) is 30.0 Å². The highest BCUT2D eigenvalue weighted by Gasteiger charge is 2.13. The van der Waals surface area contributed by atoms with Gasteiger partial charge in [0.25, 0.3) is 0 Å².